The number of amides is 2. The topological polar surface area (TPSA) is 376 Å². The fraction of sp³-hybridized carbons (Fsp3) is 0.328. The van der Waals surface area contributed by atoms with Crippen molar-refractivity contribution in [3.05, 3.63) is 106 Å². The van der Waals surface area contributed by atoms with Crippen LogP contribution in [0.4, 0.5) is 17.1 Å². The zero-order chi connectivity index (χ0) is 60.8. The van der Waals surface area contributed by atoms with Gasteiger partial charge in [0.15, 0.2) is 0 Å². The smallest absolute Gasteiger partial charge is 0.262 e. The number of anilines is 3. The van der Waals surface area contributed by atoms with Gasteiger partial charge in [-0.15, -0.1) is 5.53 Å². The standard InChI is InChI=1S/C18H19N5O2.C13H13N3O.C12H13N3.C12H6.C5H8N2O2.CH4.HN3.3H2/c19-7-1-10-23(11-2-8-20)17-5-3-15(4-6-17)13-16(14-21)18(25)22-9-12-24;14-7-1-9-16(10-2-8-15)13-5-3-12(11-17)4-6-13;13-8-4-10-15(11-5-9-14)12-6-2-1-3-7-12;1-3-5-7-9-11-12-10-8-6-4-2;6-2-1-5(9)7-3-4-8;;1-3-2;;;/h3-6,13,24H,1-2,9-12H2,(H,22,25);3-6,11H,1-2,9-10H2;1-3,6-7H,4-5,10-11H2;1-2H3;8H,1,3-4H2,(H,7,9);1H4;1H;3*1H/b16-13+;;;;;;;;;. The number of aliphatic hydroxyl groups is 2. The molecule has 0 spiro atoms. The molecule has 21 nitrogen and oxygen atoms in total. The number of nitrogens with zero attached hydrogens (tertiary/aromatic N) is 13. The molecular formula is C61H70N16O5. The summed E-state index contributed by atoms with van der Waals surface area (Å²) in [5.74, 6) is 24.7. The SMILES string of the molecule is C.CC#CC#CC#CC#CC#CC.N#CCC(=O)NCCO.N#CCCN(CCC#N)c1ccc(/C=C(\C#N)C(=O)NCCO)cc1.N#CCCN(CCC#N)c1ccc(C=O)cc1.N#CCCN(CCC#N)c1ccccc1.[HH].[HH].[HH].[N-]=[N+]=N. The van der Waals surface area contributed by atoms with Crippen LogP contribution in [-0.2, 0) is 9.59 Å². The zero-order valence-electron chi connectivity index (χ0n) is 45.1. The molecule has 2 amide bonds. The highest BCUT2D eigenvalue weighted by atomic mass is 16.3. The molecule has 0 aliphatic rings. The Labute approximate surface area is 487 Å². The third-order valence-corrected chi connectivity index (χ3v) is 9.17. The van der Waals surface area contributed by atoms with Gasteiger partial charge in [0.1, 0.15) is 24.3 Å². The molecule has 5 N–H and O–H groups in total. The second kappa shape index (κ2) is 58.6. The molecule has 0 aliphatic carbocycles. The summed E-state index contributed by atoms with van der Waals surface area (Å²) in [6.07, 6.45) is 4.64. The van der Waals surface area contributed by atoms with Crippen molar-refractivity contribution in [2.75, 3.05) is 80.3 Å². The summed E-state index contributed by atoms with van der Waals surface area (Å²) in [5.41, 5.74) is 16.4. The van der Waals surface area contributed by atoms with E-state index in [2.05, 4.69) is 111 Å². The maximum absolute atomic E-state index is 11.8. The number of carbonyl (C=O) groups excluding carboxylic acids is 3. The van der Waals surface area contributed by atoms with E-state index in [4.69, 9.17) is 63.4 Å². The van der Waals surface area contributed by atoms with Gasteiger partial charge in [-0.2, -0.15) is 42.1 Å². The van der Waals surface area contributed by atoms with Crippen LogP contribution in [0.25, 0.3) is 16.5 Å². The van der Waals surface area contributed by atoms with Gasteiger partial charge in [-0.3, -0.25) is 14.4 Å². The van der Waals surface area contributed by atoms with Gasteiger partial charge in [0.05, 0.1) is 94.2 Å². The Morgan fingerprint density at radius 1 is 0.549 bits per heavy atom. The molecule has 21 heteroatoms. The lowest BCUT2D eigenvalue weighted by molar-refractivity contribution is -0.120. The lowest BCUT2D eigenvalue weighted by atomic mass is 10.1. The Hall–Kier alpha value is -11.6. The predicted octanol–water partition coefficient (Wildman–Crippen LogP) is 8.09. The first-order valence-electron chi connectivity index (χ1n) is 24.3. The summed E-state index contributed by atoms with van der Waals surface area (Å²) in [4.78, 5) is 40.4. The van der Waals surface area contributed by atoms with E-state index in [1.165, 1.54) is 6.08 Å². The summed E-state index contributed by atoms with van der Waals surface area (Å²) < 4.78 is 0. The lowest BCUT2D eigenvalue weighted by Crippen LogP contribution is -2.27. The molecule has 0 saturated carbocycles. The van der Waals surface area contributed by atoms with Gasteiger partial charge in [-0.25, -0.2) is 0 Å². The largest absolute Gasteiger partial charge is 0.395 e. The van der Waals surface area contributed by atoms with Crippen molar-refractivity contribution in [1.29, 1.82) is 47.6 Å². The van der Waals surface area contributed by atoms with Crippen LogP contribution in [0.3, 0.4) is 0 Å². The van der Waals surface area contributed by atoms with Gasteiger partial charge in [-0.05, 0) is 132 Å². The second-order valence-electron chi connectivity index (χ2n) is 14.7. The highest BCUT2D eigenvalue weighted by Crippen LogP contribution is 2.19. The molecule has 0 saturated heterocycles. The molecule has 3 aromatic rings. The summed E-state index contributed by atoms with van der Waals surface area (Å²) in [7, 11) is 0. The summed E-state index contributed by atoms with van der Waals surface area (Å²) in [6, 6.07) is 40.3. The van der Waals surface area contributed by atoms with E-state index in [9.17, 15) is 14.4 Å². The molecule has 0 aromatic heterocycles. The Morgan fingerprint density at radius 3 is 1.18 bits per heavy atom. The average Bonchev–Trinajstić information content (AvgIpc) is 3.64. The summed E-state index contributed by atoms with van der Waals surface area (Å²) >= 11 is 0. The normalized spacial score (nSPS) is 8.17. The van der Waals surface area contributed by atoms with Crippen LogP contribution >= 0.6 is 0 Å². The van der Waals surface area contributed by atoms with E-state index in [0.717, 1.165) is 23.3 Å². The molecular weight excluding hydrogens is 1040 g/mol. The van der Waals surface area contributed by atoms with Crippen molar-refractivity contribution >= 4 is 41.2 Å². The molecule has 0 heterocycles. The summed E-state index contributed by atoms with van der Waals surface area (Å²) in [5, 5.41) is 90.4. The van der Waals surface area contributed by atoms with Gasteiger partial charge in [-0.1, -0.05) is 49.6 Å². The van der Waals surface area contributed by atoms with Crippen LogP contribution < -0.4 is 25.3 Å². The van der Waals surface area contributed by atoms with Gasteiger partial charge >= 0.3 is 0 Å². The van der Waals surface area contributed by atoms with Crippen LogP contribution in [0, 0.1) is 155 Å². The molecule has 3 rings (SSSR count). The van der Waals surface area contributed by atoms with E-state index < -0.39 is 5.91 Å². The third kappa shape index (κ3) is 43.6. The van der Waals surface area contributed by atoms with Gasteiger partial charge < -0.3 is 35.5 Å². The van der Waals surface area contributed by atoms with Crippen LogP contribution in [0.1, 0.15) is 86.4 Å². The monoisotopic (exact) mass is 1110 g/mol. The first-order valence-corrected chi connectivity index (χ1v) is 24.3. The molecule has 0 radical (unpaired) electrons. The van der Waals surface area contributed by atoms with Crippen molar-refractivity contribution in [2.24, 2.45) is 0 Å². The maximum Gasteiger partial charge on any atom is 0.262 e. The average molecular weight is 1110 g/mol. The van der Waals surface area contributed by atoms with Gasteiger partial charge in [0, 0.05) is 79.3 Å². The van der Waals surface area contributed by atoms with E-state index in [1.807, 2.05) is 70.5 Å². The van der Waals surface area contributed by atoms with Crippen molar-refractivity contribution in [1.82, 2.24) is 10.6 Å². The van der Waals surface area contributed by atoms with E-state index in [1.54, 1.807) is 49.1 Å². The van der Waals surface area contributed by atoms with Crippen molar-refractivity contribution in [3.8, 4) is 108 Å². The molecule has 424 valence electrons. The maximum atomic E-state index is 11.8. The number of hydrogen-bond donors (Lipinski definition) is 5. The molecule has 0 bridgehead atoms. The van der Waals surface area contributed by atoms with Crippen LogP contribution in [0.2, 0.25) is 0 Å². The van der Waals surface area contributed by atoms with Crippen LogP contribution in [0.15, 0.2) is 84.4 Å². The fourth-order valence-electron chi connectivity index (χ4n) is 5.63. The second-order valence-corrected chi connectivity index (χ2v) is 14.7. The first kappa shape index (κ1) is 76.9. The van der Waals surface area contributed by atoms with E-state index in [0.29, 0.717) is 88.9 Å². The fourth-order valence-corrected chi connectivity index (χ4v) is 5.63. The highest BCUT2D eigenvalue weighted by molar-refractivity contribution is 6.01. The van der Waals surface area contributed by atoms with Crippen LogP contribution in [-0.4, -0.2) is 93.9 Å². The predicted molar refractivity (Wildman–Crippen MR) is 319 cm³/mol. The Morgan fingerprint density at radius 2 is 0.878 bits per heavy atom. The minimum atomic E-state index is -0.537. The quantitative estimate of drug-likeness (QED) is 0.0114. The van der Waals surface area contributed by atoms with E-state index in [-0.39, 0.29) is 55.9 Å². The van der Waals surface area contributed by atoms with Crippen molar-refractivity contribution < 1.29 is 28.9 Å². The highest BCUT2D eigenvalue weighted by Gasteiger charge is 2.10. The van der Waals surface area contributed by atoms with Gasteiger partial charge in [0.25, 0.3) is 5.91 Å². The van der Waals surface area contributed by atoms with Crippen LogP contribution in [0.5, 0.6) is 0 Å². The Balaban J connectivity index is -0.000000181. The van der Waals surface area contributed by atoms with E-state index >= 15 is 0 Å². The van der Waals surface area contributed by atoms with Gasteiger partial charge in [0.2, 0.25) is 5.91 Å². The Kier molecular flexibility index (Phi) is 54.9. The Bertz CT molecular complexity index is 3020. The number of nitrogens with one attached hydrogen (secondary N) is 3. The number of rotatable bonds is 23. The lowest BCUT2D eigenvalue weighted by Gasteiger charge is -2.22. The molecule has 3 aromatic carbocycles. The number of aldehydes is 1. The number of nitriles is 8. The zero-order valence-corrected chi connectivity index (χ0v) is 45.1. The van der Waals surface area contributed by atoms with Crippen molar-refractivity contribution in [2.45, 2.75) is 66.2 Å². The summed E-state index contributed by atoms with van der Waals surface area (Å²) in [6.45, 7) is 7.08. The first-order chi connectivity index (χ1) is 39.5. The minimum Gasteiger partial charge on any atom is -0.395 e. The molecule has 0 fully saturated rings. The minimum absolute atomic E-state index is 0. The molecule has 82 heavy (non-hydrogen) atoms. The molecule has 0 aliphatic heterocycles. The number of carbonyl (C=O) groups is 3. The third-order valence-electron chi connectivity index (χ3n) is 9.17. The molecule has 0 atom stereocenters. The number of benzene rings is 3. The number of para-hydroxylation sites is 1. The number of aliphatic hydroxyl groups excluding tert-OH is 2. The number of hydrogen-bond acceptors (Lipinski definition) is 17. The van der Waals surface area contributed by atoms with Crippen molar-refractivity contribution in [3.63, 3.8) is 0 Å². The molecule has 0 unspecified atom stereocenters.